The van der Waals surface area contributed by atoms with Gasteiger partial charge in [0.25, 0.3) is 0 Å². The van der Waals surface area contributed by atoms with E-state index in [-0.39, 0.29) is 18.0 Å². The van der Waals surface area contributed by atoms with Gasteiger partial charge in [0.2, 0.25) is 5.91 Å². The first-order valence-corrected chi connectivity index (χ1v) is 7.51. The van der Waals surface area contributed by atoms with E-state index in [0.29, 0.717) is 12.4 Å². The lowest BCUT2D eigenvalue weighted by atomic mass is 10.0. The molecule has 0 spiro atoms. The molecule has 6 heteroatoms. The Labute approximate surface area is 130 Å². The van der Waals surface area contributed by atoms with Gasteiger partial charge in [0.15, 0.2) is 5.82 Å². The van der Waals surface area contributed by atoms with Gasteiger partial charge in [-0.3, -0.25) is 4.79 Å². The van der Waals surface area contributed by atoms with Crippen molar-refractivity contribution in [3.8, 4) is 11.4 Å². The Kier molecular flexibility index (Phi) is 3.94. The van der Waals surface area contributed by atoms with Crippen molar-refractivity contribution in [2.45, 2.75) is 25.9 Å². The van der Waals surface area contributed by atoms with Crippen LogP contribution in [0.25, 0.3) is 11.4 Å². The maximum atomic E-state index is 12.4. The summed E-state index contributed by atoms with van der Waals surface area (Å²) in [4.78, 5) is 18.6. The molecule has 1 aromatic heterocycles. The minimum absolute atomic E-state index is 0.0362. The molecule has 0 unspecified atom stereocenters. The largest absolute Gasteiger partial charge is 0.338 e. The zero-order valence-electron chi connectivity index (χ0n) is 13.0. The minimum Gasteiger partial charge on any atom is -0.338 e. The first-order valence-electron chi connectivity index (χ1n) is 7.51. The Morgan fingerprint density at radius 3 is 2.82 bits per heavy atom. The van der Waals surface area contributed by atoms with E-state index in [2.05, 4.69) is 29.2 Å². The summed E-state index contributed by atoms with van der Waals surface area (Å²) >= 11 is 0. The van der Waals surface area contributed by atoms with Gasteiger partial charge in [-0.1, -0.05) is 30.3 Å². The Balaban J connectivity index is 1.66. The molecule has 0 radical (unpaired) electrons. The van der Waals surface area contributed by atoms with Crippen LogP contribution in [0.4, 0.5) is 0 Å². The normalized spacial score (nSPS) is 17.5. The van der Waals surface area contributed by atoms with E-state index in [1.165, 1.54) is 0 Å². The van der Waals surface area contributed by atoms with Crippen LogP contribution in [-0.4, -0.2) is 50.7 Å². The van der Waals surface area contributed by atoms with Crippen LogP contribution in [0.15, 0.2) is 36.7 Å². The van der Waals surface area contributed by atoms with Gasteiger partial charge < -0.3 is 10.2 Å². The van der Waals surface area contributed by atoms with Gasteiger partial charge in [-0.05, 0) is 13.8 Å². The van der Waals surface area contributed by atoms with E-state index in [9.17, 15) is 4.79 Å². The lowest BCUT2D eigenvalue weighted by Crippen LogP contribution is -2.58. The smallest absolute Gasteiger partial charge is 0.244 e. The standard InChI is InChI=1S/C16H21N5O/c1-16(2)11-20(9-8-18-16)14(22)10-21-12-17-15(19-21)13-6-4-3-5-7-13/h3-7,12,18H,8-11H2,1-2H3. The summed E-state index contributed by atoms with van der Waals surface area (Å²) in [6, 6.07) is 9.77. The van der Waals surface area contributed by atoms with E-state index < -0.39 is 0 Å². The van der Waals surface area contributed by atoms with Crippen molar-refractivity contribution in [1.82, 2.24) is 25.0 Å². The molecule has 1 aliphatic rings. The van der Waals surface area contributed by atoms with Crippen molar-refractivity contribution in [2.75, 3.05) is 19.6 Å². The van der Waals surface area contributed by atoms with Crippen LogP contribution < -0.4 is 5.32 Å². The van der Waals surface area contributed by atoms with E-state index in [1.807, 2.05) is 35.2 Å². The Bertz CT molecular complexity index is 650. The summed E-state index contributed by atoms with van der Waals surface area (Å²) in [7, 11) is 0. The van der Waals surface area contributed by atoms with Crippen molar-refractivity contribution in [3.63, 3.8) is 0 Å². The highest BCUT2D eigenvalue weighted by Gasteiger charge is 2.28. The Hall–Kier alpha value is -2.21. The predicted molar refractivity (Wildman–Crippen MR) is 84.1 cm³/mol. The van der Waals surface area contributed by atoms with Gasteiger partial charge in [0.1, 0.15) is 12.9 Å². The number of nitrogens with zero attached hydrogens (tertiary/aromatic N) is 4. The van der Waals surface area contributed by atoms with Crippen LogP contribution >= 0.6 is 0 Å². The molecule has 1 amide bonds. The first-order chi connectivity index (χ1) is 10.5. The van der Waals surface area contributed by atoms with Gasteiger partial charge in [-0.25, -0.2) is 9.67 Å². The molecular weight excluding hydrogens is 278 g/mol. The number of hydrogen-bond donors (Lipinski definition) is 1. The lowest BCUT2D eigenvalue weighted by molar-refractivity contribution is -0.134. The number of carbonyl (C=O) groups excluding carboxylic acids is 1. The molecule has 1 saturated heterocycles. The maximum absolute atomic E-state index is 12.4. The molecule has 2 heterocycles. The fourth-order valence-electron chi connectivity index (χ4n) is 2.68. The molecule has 0 bridgehead atoms. The van der Waals surface area contributed by atoms with E-state index >= 15 is 0 Å². The molecule has 1 aromatic carbocycles. The van der Waals surface area contributed by atoms with Crippen LogP contribution in [-0.2, 0) is 11.3 Å². The maximum Gasteiger partial charge on any atom is 0.244 e. The average molecular weight is 299 g/mol. The van der Waals surface area contributed by atoms with E-state index in [4.69, 9.17) is 0 Å². The van der Waals surface area contributed by atoms with E-state index in [0.717, 1.165) is 18.7 Å². The summed E-state index contributed by atoms with van der Waals surface area (Å²) in [5, 5.41) is 7.80. The van der Waals surface area contributed by atoms with Crippen molar-refractivity contribution in [2.24, 2.45) is 0 Å². The highest BCUT2D eigenvalue weighted by molar-refractivity contribution is 5.76. The first kappa shape index (κ1) is 14.7. The molecular formula is C16H21N5O. The summed E-state index contributed by atoms with van der Waals surface area (Å²) in [6.07, 6.45) is 1.62. The third-order valence-corrected chi connectivity index (χ3v) is 3.79. The molecule has 1 fully saturated rings. The molecule has 2 aromatic rings. The topological polar surface area (TPSA) is 63.1 Å². The number of nitrogens with one attached hydrogen (secondary N) is 1. The highest BCUT2D eigenvalue weighted by atomic mass is 16.2. The second-order valence-corrected chi connectivity index (χ2v) is 6.26. The van der Waals surface area contributed by atoms with E-state index in [1.54, 1.807) is 11.0 Å². The monoisotopic (exact) mass is 299 g/mol. The number of aromatic nitrogens is 3. The fraction of sp³-hybridized carbons (Fsp3) is 0.438. The molecule has 116 valence electrons. The van der Waals surface area contributed by atoms with Crippen molar-refractivity contribution in [1.29, 1.82) is 0 Å². The Morgan fingerprint density at radius 2 is 2.09 bits per heavy atom. The zero-order valence-corrected chi connectivity index (χ0v) is 13.0. The second kappa shape index (κ2) is 5.88. The summed E-state index contributed by atoms with van der Waals surface area (Å²) in [5.74, 6) is 0.730. The molecule has 22 heavy (non-hydrogen) atoms. The Morgan fingerprint density at radius 1 is 1.32 bits per heavy atom. The van der Waals surface area contributed by atoms with Crippen LogP contribution in [0.1, 0.15) is 13.8 Å². The number of rotatable bonds is 3. The van der Waals surface area contributed by atoms with Gasteiger partial charge in [-0.2, -0.15) is 5.10 Å². The van der Waals surface area contributed by atoms with Gasteiger partial charge in [0.05, 0.1) is 0 Å². The summed E-state index contributed by atoms with van der Waals surface area (Å²) in [5.41, 5.74) is 0.919. The molecule has 0 aliphatic carbocycles. The quantitative estimate of drug-likeness (QED) is 0.923. The number of benzene rings is 1. The third kappa shape index (κ3) is 3.33. The van der Waals surface area contributed by atoms with Crippen molar-refractivity contribution in [3.05, 3.63) is 36.7 Å². The summed E-state index contributed by atoms with van der Waals surface area (Å²) in [6.45, 7) is 6.72. The fourth-order valence-corrected chi connectivity index (χ4v) is 2.68. The summed E-state index contributed by atoms with van der Waals surface area (Å²) < 4.78 is 1.61. The van der Waals surface area contributed by atoms with Gasteiger partial charge in [-0.15, -0.1) is 0 Å². The van der Waals surface area contributed by atoms with Crippen molar-refractivity contribution < 1.29 is 4.79 Å². The molecule has 3 rings (SSSR count). The third-order valence-electron chi connectivity index (χ3n) is 3.79. The van der Waals surface area contributed by atoms with Crippen LogP contribution in [0.2, 0.25) is 0 Å². The zero-order chi connectivity index (χ0) is 15.6. The SMILES string of the molecule is CC1(C)CN(C(=O)Cn2cnc(-c3ccccc3)n2)CCN1. The molecule has 0 atom stereocenters. The average Bonchev–Trinajstić information content (AvgIpc) is 2.95. The van der Waals surface area contributed by atoms with Crippen molar-refractivity contribution >= 4 is 5.91 Å². The van der Waals surface area contributed by atoms with Gasteiger partial charge >= 0.3 is 0 Å². The molecule has 0 saturated carbocycles. The van der Waals surface area contributed by atoms with Crippen LogP contribution in [0.5, 0.6) is 0 Å². The minimum atomic E-state index is -0.0362. The van der Waals surface area contributed by atoms with Crippen LogP contribution in [0.3, 0.4) is 0 Å². The van der Waals surface area contributed by atoms with Gasteiger partial charge in [0, 0.05) is 30.7 Å². The lowest BCUT2D eigenvalue weighted by Gasteiger charge is -2.39. The molecule has 6 nitrogen and oxygen atoms in total. The predicted octanol–water partition coefficient (Wildman–Crippen LogP) is 1.16. The number of piperazine rings is 1. The molecule has 1 N–H and O–H groups in total. The number of hydrogen-bond acceptors (Lipinski definition) is 4. The number of carbonyl (C=O) groups is 1. The second-order valence-electron chi connectivity index (χ2n) is 6.26. The molecule has 1 aliphatic heterocycles. The van der Waals surface area contributed by atoms with Crippen LogP contribution in [0, 0.1) is 0 Å². The highest BCUT2D eigenvalue weighted by Crippen LogP contribution is 2.14. The number of amides is 1.